The highest BCUT2D eigenvalue weighted by Gasteiger charge is 2.26. The summed E-state index contributed by atoms with van der Waals surface area (Å²) < 4.78 is 1.01. The molecule has 1 aliphatic heterocycles. The van der Waals surface area contributed by atoms with Gasteiger partial charge in [-0.15, -0.1) is 11.3 Å². The lowest BCUT2D eigenvalue weighted by atomic mass is 9.89. The number of nitrogens with zero attached hydrogens (tertiary/aromatic N) is 1. The number of amides is 1. The predicted octanol–water partition coefficient (Wildman–Crippen LogP) is 5.01. The fourth-order valence-electron chi connectivity index (χ4n) is 3.41. The Hall–Kier alpha value is -1.59. The van der Waals surface area contributed by atoms with Crippen LogP contribution in [0.15, 0.2) is 46.4 Å². The number of rotatable bonds is 2. The molecule has 2 aromatic heterocycles. The van der Waals surface area contributed by atoms with Gasteiger partial charge in [0.05, 0.1) is 8.66 Å². The van der Waals surface area contributed by atoms with Crippen molar-refractivity contribution in [3.05, 3.63) is 56.8 Å². The first-order valence-electron chi connectivity index (χ1n) is 7.83. The SMILES string of the molecule is O=C(c1ccc(Br)s1)N1CCC(c2c[nH]c3ccccc23)CC1. The molecule has 23 heavy (non-hydrogen) atoms. The van der Waals surface area contributed by atoms with Gasteiger partial charge in [-0.25, -0.2) is 0 Å². The number of thiophene rings is 1. The van der Waals surface area contributed by atoms with Crippen molar-refractivity contribution in [2.75, 3.05) is 13.1 Å². The first kappa shape index (κ1) is 15.0. The Morgan fingerprint density at radius 1 is 1.17 bits per heavy atom. The molecule has 0 bridgehead atoms. The van der Waals surface area contributed by atoms with Gasteiger partial charge in [0.2, 0.25) is 0 Å². The van der Waals surface area contributed by atoms with Crippen LogP contribution in [0.5, 0.6) is 0 Å². The maximum Gasteiger partial charge on any atom is 0.263 e. The molecule has 1 amide bonds. The summed E-state index contributed by atoms with van der Waals surface area (Å²) in [7, 11) is 0. The van der Waals surface area contributed by atoms with Gasteiger partial charge in [-0.3, -0.25) is 4.79 Å². The lowest BCUT2D eigenvalue weighted by Crippen LogP contribution is -2.37. The van der Waals surface area contributed by atoms with Gasteiger partial charge >= 0.3 is 0 Å². The van der Waals surface area contributed by atoms with Gasteiger partial charge < -0.3 is 9.88 Å². The number of hydrogen-bond donors (Lipinski definition) is 1. The molecule has 4 rings (SSSR count). The van der Waals surface area contributed by atoms with Crippen LogP contribution in [0.4, 0.5) is 0 Å². The van der Waals surface area contributed by atoms with Crippen LogP contribution < -0.4 is 0 Å². The summed E-state index contributed by atoms with van der Waals surface area (Å²) >= 11 is 4.94. The van der Waals surface area contributed by atoms with Crippen LogP contribution in [-0.4, -0.2) is 28.9 Å². The number of halogens is 1. The molecule has 3 heterocycles. The summed E-state index contributed by atoms with van der Waals surface area (Å²) in [5, 5.41) is 1.32. The van der Waals surface area contributed by atoms with Crippen LogP contribution >= 0.6 is 27.3 Å². The Morgan fingerprint density at radius 2 is 1.96 bits per heavy atom. The van der Waals surface area contributed by atoms with Gasteiger partial charge in [-0.1, -0.05) is 18.2 Å². The molecule has 1 aliphatic rings. The van der Waals surface area contributed by atoms with Crippen molar-refractivity contribution in [2.24, 2.45) is 0 Å². The standard InChI is InChI=1S/C18H17BrN2OS/c19-17-6-5-16(23-17)18(22)21-9-7-12(8-10-21)14-11-20-15-4-2-1-3-13(14)15/h1-6,11-12,20H,7-10H2. The fourth-order valence-corrected chi connectivity index (χ4v) is 4.76. The zero-order valence-corrected chi connectivity index (χ0v) is 15.0. The van der Waals surface area contributed by atoms with E-state index in [9.17, 15) is 4.79 Å². The Kier molecular flexibility index (Phi) is 3.99. The van der Waals surface area contributed by atoms with E-state index in [-0.39, 0.29) is 5.91 Å². The van der Waals surface area contributed by atoms with E-state index in [2.05, 4.69) is 51.4 Å². The molecule has 0 aliphatic carbocycles. The number of para-hydroxylation sites is 1. The predicted molar refractivity (Wildman–Crippen MR) is 98.2 cm³/mol. The van der Waals surface area contributed by atoms with Crippen LogP contribution in [0.3, 0.4) is 0 Å². The topological polar surface area (TPSA) is 36.1 Å². The van der Waals surface area contributed by atoms with Crippen LogP contribution in [0, 0.1) is 0 Å². The van der Waals surface area contributed by atoms with Crippen LogP contribution in [0.2, 0.25) is 0 Å². The highest BCUT2D eigenvalue weighted by Crippen LogP contribution is 2.34. The minimum atomic E-state index is 0.165. The van der Waals surface area contributed by atoms with Crippen molar-refractivity contribution >= 4 is 44.1 Å². The molecular formula is C18H17BrN2OS. The molecule has 3 nitrogen and oxygen atoms in total. The number of likely N-dealkylation sites (tertiary alicyclic amines) is 1. The van der Waals surface area contributed by atoms with Crippen LogP contribution in [-0.2, 0) is 0 Å². The number of piperidine rings is 1. The number of fused-ring (bicyclic) bond motifs is 1. The van der Waals surface area contributed by atoms with E-state index in [1.165, 1.54) is 27.8 Å². The maximum atomic E-state index is 12.5. The van der Waals surface area contributed by atoms with Crippen molar-refractivity contribution < 1.29 is 4.79 Å². The van der Waals surface area contributed by atoms with Gasteiger partial charge in [0, 0.05) is 30.2 Å². The molecule has 1 saturated heterocycles. The molecule has 5 heteroatoms. The summed E-state index contributed by atoms with van der Waals surface area (Å²) in [4.78, 5) is 18.7. The van der Waals surface area contributed by atoms with Crippen molar-refractivity contribution in [3.8, 4) is 0 Å². The highest BCUT2D eigenvalue weighted by atomic mass is 79.9. The summed E-state index contributed by atoms with van der Waals surface area (Å²) in [5.41, 5.74) is 2.59. The summed E-state index contributed by atoms with van der Waals surface area (Å²) in [6, 6.07) is 12.3. The minimum absolute atomic E-state index is 0.165. The third-order valence-corrected chi connectivity index (χ3v) is 6.24. The Bertz CT molecular complexity index is 845. The molecule has 118 valence electrons. The zero-order valence-electron chi connectivity index (χ0n) is 12.6. The van der Waals surface area contributed by atoms with Crippen molar-refractivity contribution in [1.29, 1.82) is 0 Å². The fraction of sp³-hybridized carbons (Fsp3) is 0.278. The average Bonchev–Trinajstić information content (AvgIpc) is 3.21. The molecule has 0 atom stereocenters. The largest absolute Gasteiger partial charge is 0.361 e. The van der Waals surface area contributed by atoms with Gasteiger partial charge in [0.25, 0.3) is 5.91 Å². The Labute approximate surface area is 147 Å². The second-order valence-corrected chi connectivity index (χ2v) is 8.42. The monoisotopic (exact) mass is 388 g/mol. The lowest BCUT2D eigenvalue weighted by molar-refractivity contribution is 0.0718. The molecule has 0 unspecified atom stereocenters. The molecule has 1 aromatic carbocycles. The third-order valence-electron chi connectivity index (χ3n) is 4.63. The van der Waals surface area contributed by atoms with Crippen LogP contribution in [0.1, 0.15) is 34.0 Å². The lowest BCUT2D eigenvalue weighted by Gasteiger charge is -2.31. The van der Waals surface area contributed by atoms with E-state index in [1.54, 1.807) is 0 Å². The first-order chi connectivity index (χ1) is 11.2. The number of hydrogen-bond acceptors (Lipinski definition) is 2. The van der Waals surface area contributed by atoms with Gasteiger partial charge in [-0.2, -0.15) is 0 Å². The smallest absolute Gasteiger partial charge is 0.263 e. The molecular weight excluding hydrogens is 372 g/mol. The minimum Gasteiger partial charge on any atom is -0.361 e. The zero-order chi connectivity index (χ0) is 15.8. The van der Waals surface area contributed by atoms with Crippen molar-refractivity contribution in [3.63, 3.8) is 0 Å². The molecule has 0 spiro atoms. The number of aromatic amines is 1. The average molecular weight is 389 g/mol. The highest BCUT2D eigenvalue weighted by molar-refractivity contribution is 9.11. The second kappa shape index (κ2) is 6.13. The third kappa shape index (κ3) is 2.83. The van der Waals surface area contributed by atoms with E-state index in [0.29, 0.717) is 5.92 Å². The van der Waals surface area contributed by atoms with Crippen molar-refractivity contribution in [1.82, 2.24) is 9.88 Å². The number of H-pyrrole nitrogens is 1. The number of carbonyl (C=O) groups excluding carboxylic acids is 1. The van der Waals surface area contributed by atoms with Crippen molar-refractivity contribution in [2.45, 2.75) is 18.8 Å². The van der Waals surface area contributed by atoms with E-state index >= 15 is 0 Å². The van der Waals surface area contributed by atoms with E-state index in [1.807, 2.05) is 17.0 Å². The summed E-state index contributed by atoms with van der Waals surface area (Å²) in [6.45, 7) is 1.66. The number of aromatic nitrogens is 1. The Morgan fingerprint density at radius 3 is 2.70 bits per heavy atom. The maximum absolute atomic E-state index is 12.5. The first-order valence-corrected chi connectivity index (χ1v) is 9.44. The van der Waals surface area contributed by atoms with Crippen LogP contribution in [0.25, 0.3) is 10.9 Å². The number of benzene rings is 1. The molecule has 1 N–H and O–H groups in total. The molecule has 3 aromatic rings. The van der Waals surface area contributed by atoms with Gasteiger partial charge in [0.15, 0.2) is 0 Å². The normalized spacial score (nSPS) is 16.1. The van der Waals surface area contributed by atoms with E-state index in [4.69, 9.17) is 0 Å². The molecule has 0 saturated carbocycles. The van der Waals surface area contributed by atoms with Gasteiger partial charge in [-0.05, 0) is 58.5 Å². The summed E-state index contributed by atoms with van der Waals surface area (Å²) in [6.07, 6.45) is 4.20. The van der Waals surface area contributed by atoms with E-state index < -0.39 is 0 Å². The second-order valence-electron chi connectivity index (χ2n) is 5.96. The van der Waals surface area contributed by atoms with E-state index in [0.717, 1.165) is 34.6 Å². The molecule has 1 fully saturated rings. The quantitative estimate of drug-likeness (QED) is 0.657. The number of carbonyl (C=O) groups is 1. The van der Waals surface area contributed by atoms with Gasteiger partial charge in [0.1, 0.15) is 0 Å². The molecule has 0 radical (unpaired) electrons. The number of nitrogens with one attached hydrogen (secondary N) is 1. The summed E-state index contributed by atoms with van der Waals surface area (Å²) in [5.74, 6) is 0.698. The Balaban J connectivity index is 1.48.